The van der Waals surface area contributed by atoms with Gasteiger partial charge < -0.3 is 9.25 Å². The Morgan fingerprint density at radius 2 is 1.95 bits per heavy atom. The summed E-state index contributed by atoms with van der Waals surface area (Å²) in [4.78, 5) is 16.4. The van der Waals surface area contributed by atoms with Crippen molar-refractivity contribution >= 4 is 29.4 Å². The smallest absolute Gasteiger partial charge is 0.368 e. The zero-order valence-electron chi connectivity index (χ0n) is 9.67. The van der Waals surface area contributed by atoms with Crippen LogP contribution in [0.2, 0.25) is 5.02 Å². The summed E-state index contributed by atoms with van der Waals surface area (Å²) < 4.78 is 5.19. The van der Waals surface area contributed by atoms with Gasteiger partial charge in [0.05, 0.1) is 11.8 Å². The van der Waals surface area contributed by atoms with E-state index in [0.717, 1.165) is 5.56 Å². The van der Waals surface area contributed by atoms with E-state index in [-0.39, 0.29) is 0 Å². The fourth-order valence-corrected chi connectivity index (χ4v) is 1.87. The molecule has 5 heteroatoms. The summed E-state index contributed by atoms with van der Waals surface area (Å²) in [6.07, 6.45) is 3.13. The van der Waals surface area contributed by atoms with Crippen molar-refractivity contribution in [1.82, 2.24) is 0 Å². The molecule has 1 aliphatic heterocycles. The van der Waals surface area contributed by atoms with E-state index in [0.29, 0.717) is 22.1 Å². The van der Waals surface area contributed by atoms with Crippen LogP contribution in [0.5, 0.6) is 0 Å². The molecule has 19 heavy (non-hydrogen) atoms. The normalized spacial score (nSPS) is 16.6. The van der Waals surface area contributed by atoms with Crippen LogP contribution >= 0.6 is 11.6 Å². The van der Waals surface area contributed by atoms with Crippen molar-refractivity contribution in [2.45, 2.75) is 0 Å². The number of furan rings is 1. The highest BCUT2D eigenvalue weighted by Gasteiger charge is 2.27. The van der Waals surface area contributed by atoms with Gasteiger partial charge in [-0.25, -0.2) is 4.79 Å². The third-order valence-electron chi connectivity index (χ3n) is 2.64. The van der Waals surface area contributed by atoms with Crippen molar-refractivity contribution < 1.29 is 14.0 Å². The van der Waals surface area contributed by atoms with Gasteiger partial charge in [0, 0.05) is 10.6 Å². The molecule has 94 valence electrons. The summed E-state index contributed by atoms with van der Waals surface area (Å²) in [5, 5.41) is 4.41. The van der Waals surface area contributed by atoms with E-state index < -0.39 is 5.97 Å². The molecule has 0 bridgehead atoms. The second-order valence-electron chi connectivity index (χ2n) is 3.90. The largest absolute Gasteiger partial charge is 0.465 e. The molecule has 0 fully saturated rings. The molecule has 0 saturated heterocycles. The number of carbonyl (C=O) groups is 1. The van der Waals surface area contributed by atoms with Crippen LogP contribution in [-0.2, 0) is 9.63 Å². The van der Waals surface area contributed by atoms with Gasteiger partial charge in [0.25, 0.3) is 0 Å². The molecule has 2 heterocycles. The second-order valence-corrected chi connectivity index (χ2v) is 4.34. The van der Waals surface area contributed by atoms with Crippen molar-refractivity contribution in [3.63, 3.8) is 0 Å². The molecule has 1 aliphatic rings. The van der Waals surface area contributed by atoms with Gasteiger partial charge >= 0.3 is 5.97 Å². The Kier molecular flexibility index (Phi) is 2.93. The molecular weight excluding hydrogens is 266 g/mol. The van der Waals surface area contributed by atoms with Crippen LogP contribution in [0.15, 0.2) is 57.8 Å². The molecule has 0 atom stereocenters. The molecule has 0 spiro atoms. The van der Waals surface area contributed by atoms with Gasteiger partial charge in [-0.1, -0.05) is 28.9 Å². The molecule has 1 aromatic carbocycles. The van der Waals surface area contributed by atoms with Crippen molar-refractivity contribution in [2.24, 2.45) is 5.16 Å². The Labute approximate surface area is 113 Å². The molecule has 0 aliphatic carbocycles. The number of hydrogen-bond acceptors (Lipinski definition) is 4. The topological polar surface area (TPSA) is 51.8 Å². The van der Waals surface area contributed by atoms with Gasteiger partial charge in [-0.2, -0.15) is 0 Å². The van der Waals surface area contributed by atoms with E-state index in [9.17, 15) is 4.79 Å². The van der Waals surface area contributed by atoms with Gasteiger partial charge in [-0.3, -0.25) is 0 Å². The monoisotopic (exact) mass is 273 g/mol. The number of carbonyl (C=O) groups excluding carboxylic acids is 1. The standard InChI is InChI=1S/C14H8ClNO3/c15-10-5-3-9(4-6-10)13-12(14(17)19-16-13)8-11-2-1-7-18-11/h1-8H/b12-8-. The van der Waals surface area contributed by atoms with E-state index in [2.05, 4.69) is 5.16 Å². The predicted octanol–water partition coefficient (Wildman–Crippen LogP) is 3.28. The van der Waals surface area contributed by atoms with E-state index in [1.54, 1.807) is 42.5 Å². The second kappa shape index (κ2) is 4.74. The Morgan fingerprint density at radius 3 is 2.63 bits per heavy atom. The minimum atomic E-state index is -0.499. The Balaban J connectivity index is 2.01. The predicted molar refractivity (Wildman–Crippen MR) is 70.8 cm³/mol. The van der Waals surface area contributed by atoms with Crippen LogP contribution in [0.1, 0.15) is 11.3 Å². The van der Waals surface area contributed by atoms with E-state index >= 15 is 0 Å². The number of hydrogen-bond donors (Lipinski definition) is 0. The molecule has 0 saturated carbocycles. The first-order chi connectivity index (χ1) is 9.24. The van der Waals surface area contributed by atoms with E-state index in [4.69, 9.17) is 20.9 Å². The van der Waals surface area contributed by atoms with Crippen molar-refractivity contribution in [3.05, 3.63) is 64.6 Å². The van der Waals surface area contributed by atoms with E-state index in [1.165, 1.54) is 6.26 Å². The minimum Gasteiger partial charge on any atom is -0.465 e. The molecule has 3 rings (SSSR count). The summed E-state index contributed by atoms with van der Waals surface area (Å²) in [5.41, 5.74) is 1.59. The van der Waals surface area contributed by atoms with Gasteiger partial charge in [0.2, 0.25) is 0 Å². The number of benzene rings is 1. The molecule has 1 aromatic heterocycles. The summed E-state index contributed by atoms with van der Waals surface area (Å²) in [6, 6.07) is 10.5. The number of nitrogens with zero attached hydrogens (tertiary/aromatic N) is 1. The summed E-state index contributed by atoms with van der Waals surface area (Å²) >= 11 is 5.83. The lowest BCUT2D eigenvalue weighted by Gasteiger charge is -1.99. The fourth-order valence-electron chi connectivity index (χ4n) is 1.74. The lowest BCUT2D eigenvalue weighted by molar-refractivity contribution is -0.136. The maximum Gasteiger partial charge on any atom is 0.368 e. The maximum absolute atomic E-state index is 11.7. The highest BCUT2D eigenvalue weighted by atomic mass is 35.5. The van der Waals surface area contributed by atoms with Crippen LogP contribution in [0.25, 0.3) is 6.08 Å². The zero-order valence-corrected chi connectivity index (χ0v) is 10.4. The third kappa shape index (κ3) is 2.30. The molecule has 0 unspecified atom stereocenters. The number of halogens is 1. The average Bonchev–Trinajstić information content (AvgIpc) is 3.03. The third-order valence-corrected chi connectivity index (χ3v) is 2.89. The number of rotatable bonds is 2. The molecule has 2 aromatic rings. The van der Waals surface area contributed by atoms with Crippen LogP contribution in [0.4, 0.5) is 0 Å². The zero-order chi connectivity index (χ0) is 13.2. The van der Waals surface area contributed by atoms with Crippen LogP contribution < -0.4 is 0 Å². The lowest BCUT2D eigenvalue weighted by Crippen LogP contribution is -2.06. The first kappa shape index (κ1) is 11.7. The van der Waals surface area contributed by atoms with Crippen molar-refractivity contribution in [3.8, 4) is 0 Å². The summed E-state index contributed by atoms with van der Waals surface area (Å²) in [5.74, 6) is 0.0665. The molecule has 0 radical (unpaired) electrons. The van der Waals surface area contributed by atoms with Crippen LogP contribution in [-0.4, -0.2) is 11.7 Å². The first-order valence-electron chi connectivity index (χ1n) is 5.55. The highest BCUT2D eigenvalue weighted by molar-refractivity contribution is 6.32. The molecule has 0 amide bonds. The quantitative estimate of drug-likeness (QED) is 0.623. The molecular formula is C14H8ClNO3. The van der Waals surface area contributed by atoms with Gasteiger partial charge in [0.15, 0.2) is 0 Å². The van der Waals surface area contributed by atoms with Crippen LogP contribution in [0, 0.1) is 0 Å². The average molecular weight is 274 g/mol. The SMILES string of the molecule is O=C1ON=C(c2ccc(Cl)cc2)/C1=C/c1ccco1. The molecule has 0 N–H and O–H groups in total. The number of oxime groups is 1. The minimum absolute atomic E-state index is 0.359. The molecule has 4 nitrogen and oxygen atoms in total. The fraction of sp³-hybridized carbons (Fsp3) is 0. The maximum atomic E-state index is 11.7. The van der Waals surface area contributed by atoms with Gasteiger partial charge in [0.1, 0.15) is 11.5 Å². The van der Waals surface area contributed by atoms with Crippen LogP contribution in [0.3, 0.4) is 0 Å². The Bertz CT molecular complexity index is 669. The first-order valence-corrected chi connectivity index (χ1v) is 5.93. The lowest BCUT2D eigenvalue weighted by atomic mass is 10.0. The Hall–Kier alpha value is -2.33. The summed E-state index contributed by atoms with van der Waals surface area (Å²) in [6.45, 7) is 0. The highest BCUT2D eigenvalue weighted by Crippen LogP contribution is 2.22. The summed E-state index contributed by atoms with van der Waals surface area (Å²) in [7, 11) is 0. The van der Waals surface area contributed by atoms with Crippen molar-refractivity contribution in [1.29, 1.82) is 0 Å². The van der Waals surface area contributed by atoms with Gasteiger partial charge in [-0.05, 0) is 30.3 Å². The van der Waals surface area contributed by atoms with Crippen molar-refractivity contribution in [2.75, 3.05) is 0 Å². The van der Waals surface area contributed by atoms with Gasteiger partial charge in [-0.15, -0.1) is 0 Å². The van der Waals surface area contributed by atoms with E-state index in [1.807, 2.05) is 0 Å². The Morgan fingerprint density at radius 1 is 1.16 bits per heavy atom.